The lowest BCUT2D eigenvalue weighted by Gasteiger charge is -2.12. The molecule has 3 heterocycles. The van der Waals surface area contributed by atoms with Crippen LogP contribution >= 0.6 is 11.3 Å². The van der Waals surface area contributed by atoms with Crippen LogP contribution in [0.15, 0.2) is 42.6 Å². The van der Waals surface area contributed by atoms with E-state index in [4.69, 9.17) is 0 Å². The van der Waals surface area contributed by atoms with Crippen molar-refractivity contribution >= 4 is 33.0 Å². The highest BCUT2D eigenvalue weighted by Gasteiger charge is 2.21. The first-order chi connectivity index (χ1) is 12.1. The van der Waals surface area contributed by atoms with Crippen molar-refractivity contribution in [2.75, 3.05) is 0 Å². The van der Waals surface area contributed by atoms with Gasteiger partial charge in [0.1, 0.15) is 5.82 Å². The van der Waals surface area contributed by atoms with Crippen LogP contribution in [-0.4, -0.2) is 20.5 Å². The molecule has 126 valence electrons. The summed E-state index contributed by atoms with van der Waals surface area (Å²) >= 11 is 1.29. The molecule has 0 aliphatic heterocycles. The molecule has 1 unspecified atom stereocenters. The van der Waals surface area contributed by atoms with Gasteiger partial charge >= 0.3 is 0 Å². The van der Waals surface area contributed by atoms with Crippen LogP contribution < -0.4 is 5.32 Å². The number of pyridine rings is 1. The van der Waals surface area contributed by atoms with E-state index in [1.165, 1.54) is 17.4 Å². The zero-order chi connectivity index (χ0) is 17.6. The third-order valence-electron chi connectivity index (χ3n) is 4.18. The highest BCUT2D eigenvalue weighted by molar-refractivity contribution is 7.21. The lowest BCUT2D eigenvalue weighted by molar-refractivity contribution is 0.0942. The minimum absolute atomic E-state index is 0.238. The maximum absolute atomic E-state index is 14.0. The molecule has 1 atom stereocenters. The molecule has 0 saturated carbocycles. The molecule has 5 nitrogen and oxygen atoms in total. The molecule has 0 aliphatic rings. The standard InChI is InChI=1S/C18H15FN4OS/c1-10-15-12(19)6-5-7-13(15)25-16(10)18(24)20-11(2)17-22-21-14-8-3-4-9-23(14)17/h3-9,11H,1-2H3,(H,20,24). The summed E-state index contributed by atoms with van der Waals surface area (Å²) in [6.45, 7) is 3.62. The number of aromatic nitrogens is 3. The van der Waals surface area contributed by atoms with E-state index in [1.807, 2.05) is 41.8 Å². The highest BCUT2D eigenvalue weighted by atomic mass is 32.1. The molecule has 0 radical (unpaired) electrons. The van der Waals surface area contributed by atoms with Crippen LogP contribution in [0.5, 0.6) is 0 Å². The summed E-state index contributed by atoms with van der Waals surface area (Å²) in [7, 11) is 0. The molecule has 1 N–H and O–H groups in total. The second kappa shape index (κ2) is 5.93. The Labute approximate surface area is 147 Å². The first kappa shape index (κ1) is 15.7. The van der Waals surface area contributed by atoms with Gasteiger partial charge in [-0.1, -0.05) is 12.1 Å². The van der Waals surface area contributed by atoms with E-state index in [9.17, 15) is 9.18 Å². The molecule has 0 bridgehead atoms. The first-order valence-corrected chi connectivity index (χ1v) is 8.66. The van der Waals surface area contributed by atoms with Crippen molar-refractivity contribution < 1.29 is 9.18 Å². The van der Waals surface area contributed by atoms with Gasteiger partial charge in [-0.25, -0.2) is 4.39 Å². The van der Waals surface area contributed by atoms with Crippen molar-refractivity contribution in [3.8, 4) is 0 Å². The summed E-state index contributed by atoms with van der Waals surface area (Å²) in [6.07, 6.45) is 1.85. The van der Waals surface area contributed by atoms with E-state index in [0.717, 1.165) is 10.3 Å². The predicted octanol–water partition coefficient (Wildman–Crippen LogP) is 3.88. The van der Waals surface area contributed by atoms with Crippen molar-refractivity contribution in [3.05, 3.63) is 64.7 Å². The van der Waals surface area contributed by atoms with Crippen LogP contribution in [-0.2, 0) is 0 Å². The van der Waals surface area contributed by atoms with Crippen LogP contribution in [0.1, 0.15) is 34.0 Å². The monoisotopic (exact) mass is 354 g/mol. The van der Waals surface area contributed by atoms with Crippen molar-refractivity contribution in [2.24, 2.45) is 0 Å². The Morgan fingerprint density at radius 2 is 2.08 bits per heavy atom. The molecular formula is C18H15FN4OS. The fraction of sp³-hybridized carbons (Fsp3) is 0.167. The number of halogens is 1. The van der Waals surface area contributed by atoms with Crippen LogP contribution in [0.2, 0.25) is 0 Å². The summed E-state index contributed by atoms with van der Waals surface area (Å²) in [6, 6.07) is 10.2. The van der Waals surface area contributed by atoms with Crippen molar-refractivity contribution in [2.45, 2.75) is 19.9 Å². The van der Waals surface area contributed by atoms with Crippen LogP contribution in [0.25, 0.3) is 15.7 Å². The number of rotatable bonds is 3. The molecule has 0 saturated heterocycles. The van der Waals surface area contributed by atoms with Gasteiger partial charge in [-0.2, -0.15) is 0 Å². The average molecular weight is 354 g/mol. The molecule has 1 aromatic carbocycles. The largest absolute Gasteiger partial charge is 0.342 e. The number of nitrogens with zero attached hydrogens (tertiary/aromatic N) is 3. The molecule has 0 aliphatic carbocycles. The number of thiophene rings is 1. The molecule has 7 heteroatoms. The Morgan fingerprint density at radius 1 is 1.24 bits per heavy atom. The van der Waals surface area contributed by atoms with Gasteiger partial charge in [0.2, 0.25) is 0 Å². The minimum atomic E-state index is -0.334. The SMILES string of the molecule is Cc1c(C(=O)NC(C)c2nnc3ccccn23)sc2cccc(F)c12. The van der Waals surface area contributed by atoms with E-state index in [2.05, 4.69) is 15.5 Å². The smallest absolute Gasteiger partial charge is 0.262 e. The van der Waals surface area contributed by atoms with Gasteiger partial charge < -0.3 is 5.32 Å². The maximum Gasteiger partial charge on any atom is 0.262 e. The number of amides is 1. The summed E-state index contributed by atoms with van der Waals surface area (Å²) < 4.78 is 16.6. The third kappa shape index (κ3) is 2.56. The predicted molar refractivity (Wildman–Crippen MR) is 95.4 cm³/mol. The Hall–Kier alpha value is -2.80. The van der Waals surface area contributed by atoms with Gasteiger partial charge in [-0.05, 0) is 43.7 Å². The third-order valence-corrected chi connectivity index (χ3v) is 5.44. The minimum Gasteiger partial charge on any atom is -0.342 e. The first-order valence-electron chi connectivity index (χ1n) is 7.84. The summed E-state index contributed by atoms with van der Waals surface area (Å²) in [5.41, 5.74) is 1.38. The zero-order valence-electron chi connectivity index (χ0n) is 13.7. The number of fused-ring (bicyclic) bond motifs is 2. The van der Waals surface area contributed by atoms with Gasteiger partial charge in [0.15, 0.2) is 11.5 Å². The Bertz CT molecular complexity index is 1100. The van der Waals surface area contributed by atoms with Gasteiger partial charge in [0, 0.05) is 16.3 Å². The lowest BCUT2D eigenvalue weighted by Crippen LogP contribution is -2.27. The maximum atomic E-state index is 14.0. The molecule has 0 spiro atoms. The normalized spacial score (nSPS) is 12.6. The number of nitrogens with one attached hydrogen (secondary N) is 1. The Kier molecular flexibility index (Phi) is 3.73. The van der Waals surface area contributed by atoms with E-state index in [0.29, 0.717) is 21.7 Å². The number of hydrogen-bond donors (Lipinski definition) is 1. The number of carbonyl (C=O) groups excluding carboxylic acids is 1. The van der Waals surface area contributed by atoms with Crippen molar-refractivity contribution in [3.63, 3.8) is 0 Å². The summed E-state index contributed by atoms with van der Waals surface area (Å²) in [5.74, 6) is 0.106. The lowest BCUT2D eigenvalue weighted by atomic mass is 10.1. The zero-order valence-corrected chi connectivity index (χ0v) is 14.5. The molecule has 25 heavy (non-hydrogen) atoms. The average Bonchev–Trinajstić information content (AvgIpc) is 3.17. The molecule has 4 rings (SSSR count). The number of aryl methyl sites for hydroxylation is 1. The van der Waals surface area contributed by atoms with Gasteiger partial charge in [0.25, 0.3) is 5.91 Å². The summed E-state index contributed by atoms with van der Waals surface area (Å²) in [5, 5.41) is 11.7. The van der Waals surface area contributed by atoms with Gasteiger partial charge in [0.05, 0.1) is 10.9 Å². The van der Waals surface area contributed by atoms with Crippen LogP contribution in [0, 0.1) is 12.7 Å². The fourth-order valence-electron chi connectivity index (χ4n) is 2.95. The second-order valence-corrected chi connectivity index (χ2v) is 6.90. The van der Waals surface area contributed by atoms with Gasteiger partial charge in [-0.3, -0.25) is 9.20 Å². The van der Waals surface area contributed by atoms with Crippen molar-refractivity contribution in [1.29, 1.82) is 0 Å². The molecule has 3 aromatic heterocycles. The van der Waals surface area contributed by atoms with Crippen LogP contribution in [0.3, 0.4) is 0 Å². The second-order valence-electron chi connectivity index (χ2n) is 5.85. The summed E-state index contributed by atoms with van der Waals surface area (Å²) in [4.78, 5) is 13.2. The molecule has 0 fully saturated rings. The topological polar surface area (TPSA) is 59.3 Å². The van der Waals surface area contributed by atoms with Crippen molar-refractivity contribution in [1.82, 2.24) is 19.9 Å². The Balaban J connectivity index is 1.66. The number of benzene rings is 1. The van der Waals surface area contributed by atoms with E-state index in [1.54, 1.807) is 13.0 Å². The van der Waals surface area contributed by atoms with Gasteiger partial charge in [-0.15, -0.1) is 21.5 Å². The highest BCUT2D eigenvalue weighted by Crippen LogP contribution is 2.32. The molecule has 4 aromatic rings. The van der Waals surface area contributed by atoms with E-state index < -0.39 is 0 Å². The Morgan fingerprint density at radius 3 is 2.88 bits per heavy atom. The van der Waals surface area contributed by atoms with Crippen LogP contribution in [0.4, 0.5) is 4.39 Å². The number of carbonyl (C=O) groups is 1. The molecular weight excluding hydrogens is 339 g/mol. The number of hydrogen-bond acceptors (Lipinski definition) is 4. The fourth-order valence-corrected chi connectivity index (χ4v) is 4.08. The molecule has 1 amide bonds. The quantitative estimate of drug-likeness (QED) is 0.607. The van der Waals surface area contributed by atoms with E-state index in [-0.39, 0.29) is 17.8 Å². The van der Waals surface area contributed by atoms with E-state index >= 15 is 0 Å².